The Kier molecular flexibility index (Phi) is 4.22. The number of halogens is 1. The summed E-state index contributed by atoms with van der Waals surface area (Å²) in [6.07, 6.45) is 3.52. The van der Waals surface area contributed by atoms with Gasteiger partial charge in [0.25, 0.3) is 5.91 Å². The van der Waals surface area contributed by atoms with E-state index in [4.69, 9.17) is 5.73 Å². The number of phenolic OH excluding ortho intramolecular Hbond substituents is 1. The number of primary amides is 1. The first-order valence-corrected chi connectivity index (χ1v) is 6.57. The summed E-state index contributed by atoms with van der Waals surface area (Å²) >= 11 is 0. The van der Waals surface area contributed by atoms with Crippen molar-refractivity contribution in [3.63, 3.8) is 0 Å². The molecule has 20 heavy (non-hydrogen) atoms. The summed E-state index contributed by atoms with van der Waals surface area (Å²) in [5.74, 6) is -2.10. The van der Waals surface area contributed by atoms with Crippen molar-refractivity contribution < 1.29 is 19.1 Å². The van der Waals surface area contributed by atoms with Crippen LogP contribution in [0, 0.1) is 5.82 Å². The van der Waals surface area contributed by atoms with E-state index in [1.165, 1.54) is 4.90 Å². The third-order valence-corrected chi connectivity index (χ3v) is 3.54. The van der Waals surface area contributed by atoms with E-state index in [9.17, 15) is 19.1 Å². The number of nitrogens with two attached hydrogens (primary N) is 1. The van der Waals surface area contributed by atoms with Crippen molar-refractivity contribution in [3.8, 4) is 5.75 Å². The highest BCUT2D eigenvalue weighted by atomic mass is 19.1. The summed E-state index contributed by atoms with van der Waals surface area (Å²) in [5.41, 5.74) is 5.03. The summed E-state index contributed by atoms with van der Waals surface area (Å²) in [5, 5.41) is 9.70. The van der Waals surface area contributed by atoms with Crippen molar-refractivity contribution in [2.75, 3.05) is 6.54 Å². The molecule has 0 saturated heterocycles. The second-order valence-electron chi connectivity index (χ2n) is 5.00. The van der Waals surface area contributed by atoms with Crippen LogP contribution in [0.25, 0.3) is 0 Å². The Balaban J connectivity index is 2.29. The molecule has 0 radical (unpaired) electrons. The van der Waals surface area contributed by atoms with Gasteiger partial charge in [0.1, 0.15) is 11.6 Å². The predicted octanol–water partition coefficient (Wildman–Crippen LogP) is 1.40. The first-order valence-electron chi connectivity index (χ1n) is 6.57. The van der Waals surface area contributed by atoms with Crippen molar-refractivity contribution in [3.05, 3.63) is 29.6 Å². The smallest absolute Gasteiger partial charge is 0.258 e. The zero-order valence-corrected chi connectivity index (χ0v) is 11.0. The second kappa shape index (κ2) is 5.90. The van der Waals surface area contributed by atoms with Crippen LogP contribution in [0.2, 0.25) is 0 Å². The SMILES string of the molecule is NC(=O)CN(C(=O)c1cc(F)ccc1O)C1CCCC1. The first-order chi connectivity index (χ1) is 9.49. The molecule has 108 valence electrons. The number of hydrogen-bond acceptors (Lipinski definition) is 3. The Morgan fingerprint density at radius 1 is 1.35 bits per heavy atom. The van der Waals surface area contributed by atoms with Gasteiger partial charge in [0.05, 0.1) is 12.1 Å². The Morgan fingerprint density at radius 3 is 2.60 bits per heavy atom. The molecule has 0 aromatic heterocycles. The van der Waals surface area contributed by atoms with Gasteiger partial charge in [0.15, 0.2) is 0 Å². The zero-order chi connectivity index (χ0) is 14.7. The molecule has 0 bridgehead atoms. The van der Waals surface area contributed by atoms with Crippen LogP contribution >= 0.6 is 0 Å². The summed E-state index contributed by atoms with van der Waals surface area (Å²) < 4.78 is 13.2. The third kappa shape index (κ3) is 3.07. The molecule has 2 rings (SSSR count). The fraction of sp³-hybridized carbons (Fsp3) is 0.429. The molecule has 1 aliphatic carbocycles. The van der Waals surface area contributed by atoms with Crippen molar-refractivity contribution in [1.29, 1.82) is 0 Å². The van der Waals surface area contributed by atoms with Crippen LogP contribution in [0.4, 0.5) is 4.39 Å². The molecule has 6 heteroatoms. The van der Waals surface area contributed by atoms with E-state index in [2.05, 4.69) is 0 Å². The van der Waals surface area contributed by atoms with E-state index in [0.29, 0.717) is 0 Å². The third-order valence-electron chi connectivity index (χ3n) is 3.54. The lowest BCUT2D eigenvalue weighted by Gasteiger charge is -2.28. The summed E-state index contributed by atoms with van der Waals surface area (Å²) in [6, 6.07) is 3.08. The highest BCUT2D eigenvalue weighted by Crippen LogP contribution is 2.27. The van der Waals surface area contributed by atoms with Gasteiger partial charge < -0.3 is 15.7 Å². The summed E-state index contributed by atoms with van der Waals surface area (Å²) in [7, 11) is 0. The van der Waals surface area contributed by atoms with E-state index in [0.717, 1.165) is 43.9 Å². The molecule has 0 spiro atoms. The van der Waals surface area contributed by atoms with Gasteiger partial charge in [-0.1, -0.05) is 12.8 Å². The minimum atomic E-state index is -0.624. The van der Waals surface area contributed by atoms with Gasteiger partial charge in [-0.25, -0.2) is 4.39 Å². The van der Waals surface area contributed by atoms with E-state index in [1.54, 1.807) is 0 Å². The molecule has 0 aliphatic heterocycles. The molecule has 2 amide bonds. The molecule has 0 unspecified atom stereocenters. The van der Waals surface area contributed by atoms with Crippen molar-refractivity contribution in [2.24, 2.45) is 5.73 Å². The van der Waals surface area contributed by atoms with Crippen LogP contribution in [0.5, 0.6) is 5.75 Å². The highest BCUT2D eigenvalue weighted by Gasteiger charge is 2.29. The van der Waals surface area contributed by atoms with Crippen LogP contribution in [-0.4, -0.2) is 34.4 Å². The first kappa shape index (κ1) is 14.3. The molecular formula is C14H17FN2O3. The van der Waals surface area contributed by atoms with E-state index >= 15 is 0 Å². The normalized spacial score (nSPS) is 15.2. The van der Waals surface area contributed by atoms with Crippen molar-refractivity contribution in [2.45, 2.75) is 31.7 Å². The zero-order valence-electron chi connectivity index (χ0n) is 11.0. The Bertz CT molecular complexity index is 527. The van der Waals surface area contributed by atoms with Crippen LogP contribution in [0.15, 0.2) is 18.2 Å². The Labute approximate surface area is 116 Å². The van der Waals surface area contributed by atoms with Gasteiger partial charge in [-0.2, -0.15) is 0 Å². The number of carbonyl (C=O) groups excluding carboxylic acids is 2. The number of nitrogens with zero attached hydrogens (tertiary/aromatic N) is 1. The maximum Gasteiger partial charge on any atom is 0.258 e. The largest absolute Gasteiger partial charge is 0.507 e. The molecule has 3 N–H and O–H groups in total. The Hall–Kier alpha value is -2.11. The maximum absolute atomic E-state index is 13.2. The molecule has 1 aromatic carbocycles. The van der Waals surface area contributed by atoms with Crippen LogP contribution in [0.1, 0.15) is 36.0 Å². The molecule has 5 nitrogen and oxygen atoms in total. The molecule has 1 aliphatic rings. The lowest BCUT2D eigenvalue weighted by molar-refractivity contribution is -0.119. The van der Waals surface area contributed by atoms with Crippen molar-refractivity contribution >= 4 is 11.8 Å². The fourth-order valence-corrected chi connectivity index (χ4v) is 2.58. The van der Waals surface area contributed by atoms with Crippen LogP contribution in [0.3, 0.4) is 0 Å². The van der Waals surface area contributed by atoms with Crippen LogP contribution < -0.4 is 5.73 Å². The van der Waals surface area contributed by atoms with Gasteiger partial charge in [-0.05, 0) is 31.0 Å². The van der Waals surface area contributed by atoms with Crippen molar-refractivity contribution in [1.82, 2.24) is 4.90 Å². The monoisotopic (exact) mass is 280 g/mol. The topological polar surface area (TPSA) is 83.6 Å². The standard InChI is InChI=1S/C14H17FN2O3/c15-9-5-6-12(18)11(7-9)14(20)17(8-13(16)19)10-3-1-2-4-10/h5-7,10,18H,1-4,8H2,(H2,16,19). The summed E-state index contributed by atoms with van der Waals surface area (Å²) in [6.45, 7) is -0.223. The predicted molar refractivity (Wildman–Crippen MR) is 70.6 cm³/mol. The summed E-state index contributed by atoms with van der Waals surface area (Å²) in [4.78, 5) is 24.9. The Morgan fingerprint density at radius 2 is 2.00 bits per heavy atom. The number of benzene rings is 1. The lowest BCUT2D eigenvalue weighted by atomic mass is 10.1. The highest BCUT2D eigenvalue weighted by molar-refractivity contribution is 5.98. The molecule has 1 saturated carbocycles. The average Bonchev–Trinajstić information content (AvgIpc) is 2.91. The van der Waals surface area contributed by atoms with E-state index < -0.39 is 17.6 Å². The van der Waals surface area contributed by atoms with E-state index in [-0.39, 0.29) is 23.9 Å². The quantitative estimate of drug-likeness (QED) is 0.874. The molecule has 0 heterocycles. The number of aromatic hydroxyl groups is 1. The number of carbonyl (C=O) groups is 2. The van der Waals surface area contributed by atoms with Gasteiger partial charge in [-0.15, -0.1) is 0 Å². The van der Waals surface area contributed by atoms with Gasteiger partial charge in [0, 0.05) is 6.04 Å². The van der Waals surface area contributed by atoms with E-state index in [1.807, 2.05) is 0 Å². The second-order valence-corrected chi connectivity index (χ2v) is 5.00. The lowest BCUT2D eigenvalue weighted by Crippen LogP contribution is -2.44. The van der Waals surface area contributed by atoms with Gasteiger partial charge in [0.2, 0.25) is 5.91 Å². The van der Waals surface area contributed by atoms with Gasteiger partial charge >= 0.3 is 0 Å². The molecular weight excluding hydrogens is 263 g/mol. The molecule has 1 aromatic rings. The molecule has 1 fully saturated rings. The fourth-order valence-electron chi connectivity index (χ4n) is 2.58. The minimum Gasteiger partial charge on any atom is -0.507 e. The average molecular weight is 280 g/mol. The number of amides is 2. The number of hydrogen-bond donors (Lipinski definition) is 2. The molecule has 0 atom stereocenters. The maximum atomic E-state index is 13.2. The minimum absolute atomic E-state index is 0.0855. The number of rotatable bonds is 4. The van der Waals surface area contributed by atoms with Gasteiger partial charge in [-0.3, -0.25) is 9.59 Å². The van der Waals surface area contributed by atoms with Crippen LogP contribution in [-0.2, 0) is 4.79 Å². The number of phenols is 1.